The Morgan fingerprint density at radius 2 is 2.25 bits per heavy atom. The molecule has 1 aliphatic heterocycles. The molecule has 4 heteroatoms. The molecule has 1 aromatic heterocycles. The van der Waals surface area contributed by atoms with Crippen LogP contribution in [0.4, 0.5) is 0 Å². The van der Waals surface area contributed by atoms with E-state index in [4.69, 9.17) is 10.5 Å². The molecule has 0 radical (unpaired) electrons. The third-order valence-corrected chi connectivity index (χ3v) is 5.98. The number of rotatable bonds is 3. The summed E-state index contributed by atoms with van der Waals surface area (Å²) in [6.07, 6.45) is 1.86. The summed E-state index contributed by atoms with van der Waals surface area (Å²) >= 11 is 1.65. The van der Waals surface area contributed by atoms with E-state index in [0.717, 1.165) is 24.3 Å². The topological polar surface area (TPSA) is 55.5 Å². The van der Waals surface area contributed by atoms with E-state index >= 15 is 0 Å². The van der Waals surface area contributed by atoms with E-state index in [1.807, 2.05) is 19.1 Å². The predicted octanol–water partition coefficient (Wildman–Crippen LogP) is 2.86. The summed E-state index contributed by atoms with van der Waals surface area (Å²) in [5, 5.41) is 12.4. The molecular weight excluding hydrogens is 270 g/mol. The van der Waals surface area contributed by atoms with Crippen molar-refractivity contribution in [2.75, 3.05) is 19.8 Å². The van der Waals surface area contributed by atoms with E-state index < -0.39 is 5.60 Å². The van der Waals surface area contributed by atoms with Crippen molar-refractivity contribution < 1.29 is 9.84 Å². The highest BCUT2D eigenvalue weighted by molar-refractivity contribution is 7.19. The molecule has 0 spiro atoms. The normalized spacial score (nSPS) is 26.6. The van der Waals surface area contributed by atoms with Crippen molar-refractivity contribution in [3.63, 3.8) is 0 Å². The third kappa shape index (κ3) is 2.07. The smallest absolute Gasteiger partial charge is 0.105 e. The number of hydrogen-bond donors (Lipinski definition) is 2. The Kier molecular flexibility index (Phi) is 3.58. The van der Waals surface area contributed by atoms with Crippen LogP contribution in [0.3, 0.4) is 0 Å². The van der Waals surface area contributed by atoms with Gasteiger partial charge in [-0.05, 0) is 37.3 Å². The molecule has 2 aromatic rings. The summed E-state index contributed by atoms with van der Waals surface area (Å²) < 4.78 is 6.82. The predicted molar refractivity (Wildman–Crippen MR) is 82.9 cm³/mol. The van der Waals surface area contributed by atoms with Crippen LogP contribution < -0.4 is 5.73 Å². The van der Waals surface area contributed by atoms with Gasteiger partial charge in [0, 0.05) is 28.1 Å². The number of nitrogens with two attached hydrogens (primary N) is 1. The number of thiophene rings is 1. The fourth-order valence-electron chi connectivity index (χ4n) is 3.08. The van der Waals surface area contributed by atoms with Crippen molar-refractivity contribution in [2.24, 2.45) is 11.1 Å². The van der Waals surface area contributed by atoms with E-state index in [2.05, 4.69) is 18.2 Å². The van der Waals surface area contributed by atoms with Crippen LogP contribution in [0.5, 0.6) is 0 Å². The summed E-state index contributed by atoms with van der Waals surface area (Å²) in [4.78, 5) is 0.981. The van der Waals surface area contributed by atoms with Crippen molar-refractivity contribution in [2.45, 2.75) is 25.4 Å². The first kappa shape index (κ1) is 14.0. The van der Waals surface area contributed by atoms with E-state index in [-0.39, 0.29) is 5.41 Å². The monoisotopic (exact) mass is 291 g/mol. The molecule has 3 nitrogen and oxygen atoms in total. The van der Waals surface area contributed by atoms with Crippen molar-refractivity contribution in [1.82, 2.24) is 0 Å². The first-order valence-electron chi connectivity index (χ1n) is 7.08. The molecule has 2 heterocycles. The van der Waals surface area contributed by atoms with Crippen LogP contribution in [0.15, 0.2) is 30.3 Å². The van der Waals surface area contributed by atoms with E-state index in [1.54, 1.807) is 11.3 Å². The zero-order valence-electron chi connectivity index (χ0n) is 11.8. The largest absolute Gasteiger partial charge is 0.384 e. The van der Waals surface area contributed by atoms with Gasteiger partial charge in [0.05, 0.1) is 6.61 Å². The summed E-state index contributed by atoms with van der Waals surface area (Å²) in [6, 6.07) is 10.3. The maximum atomic E-state index is 11.2. The van der Waals surface area contributed by atoms with Crippen molar-refractivity contribution in [3.8, 4) is 0 Å². The van der Waals surface area contributed by atoms with Crippen LogP contribution in [0.1, 0.15) is 24.6 Å². The van der Waals surface area contributed by atoms with Crippen LogP contribution in [-0.4, -0.2) is 24.9 Å². The van der Waals surface area contributed by atoms with Gasteiger partial charge in [0.2, 0.25) is 0 Å². The van der Waals surface area contributed by atoms with Gasteiger partial charge in [-0.1, -0.05) is 18.2 Å². The van der Waals surface area contributed by atoms with Gasteiger partial charge in [0.25, 0.3) is 0 Å². The van der Waals surface area contributed by atoms with Gasteiger partial charge in [-0.3, -0.25) is 0 Å². The van der Waals surface area contributed by atoms with Gasteiger partial charge in [-0.15, -0.1) is 11.3 Å². The molecule has 1 aromatic carbocycles. The van der Waals surface area contributed by atoms with Gasteiger partial charge in [-0.2, -0.15) is 0 Å². The third-order valence-electron chi connectivity index (χ3n) is 4.65. The molecule has 0 amide bonds. The van der Waals surface area contributed by atoms with Crippen LogP contribution in [0.2, 0.25) is 0 Å². The average molecular weight is 291 g/mol. The molecule has 2 atom stereocenters. The standard InChI is InChI=1S/C16H21NO2S/c1-15(18,16(10-17)7-4-8-19-11-16)14-9-12-5-2-3-6-13(12)20-14/h2-3,5-6,9,18H,4,7-8,10-11,17H2,1H3. The highest BCUT2D eigenvalue weighted by Gasteiger charge is 2.49. The van der Waals surface area contributed by atoms with E-state index in [9.17, 15) is 5.11 Å². The van der Waals surface area contributed by atoms with Gasteiger partial charge in [0.15, 0.2) is 0 Å². The Morgan fingerprint density at radius 3 is 2.90 bits per heavy atom. The van der Waals surface area contributed by atoms with Gasteiger partial charge in [-0.25, -0.2) is 0 Å². The Bertz CT molecular complexity index is 566. The van der Waals surface area contributed by atoms with Crippen LogP contribution in [0.25, 0.3) is 10.1 Å². The van der Waals surface area contributed by atoms with Gasteiger partial charge < -0.3 is 15.6 Å². The quantitative estimate of drug-likeness (QED) is 0.914. The molecule has 0 saturated carbocycles. The van der Waals surface area contributed by atoms with Gasteiger partial charge in [0.1, 0.15) is 5.60 Å². The molecule has 0 bridgehead atoms. The molecule has 1 aliphatic rings. The molecular formula is C16H21NO2S. The van der Waals surface area contributed by atoms with E-state index in [0.29, 0.717) is 13.2 Å². The summed E-state index contributed by atoms with van der Waals surface area (Å²) in [5.74, 6) is 0. The number of benzene rings is 1. The molecule has 3 rings (SSSR count). The summed E-state index contributed by atoms with van der Waals surface area (Å²) in [6.45, 7) is 3.63. The first-order chi connectivity index (χ1) is 9.59. The second kappa shape index (κ2) is 5.11. The first-order valence-corrected chi connectivity index (χ1v) is 7.90. The number of hydrogen-bond acceptors (Lipinski definition) is 4. The summed E-state index contributed by atoms with van der Waals surface area (Å²) in [7, 11) is 0. The van der Waals surface area contributed by atoms with Crippen molar-refractivity contribution in [3.05, 3.63) is 35.2 Å². The van der Waals surface area contributed by atoms with Gasteiger partial charge >= 0.3 is 0 Å². The fraction of sp³-hybridized carbons (Fsp3) is 0.500. The zero-order valence-corrected chi connectivity index (χ0v) is 12.6. The van der Waals surface area contributed by atoms with Crippen molar-refractivity contribution >= 4 is 21.4 Å². The Labute approximate surface area is 123 Å². The highest BCUT2D eigenvalue weighted by Crippen LogP contribution is 2.47. The second-order valence-corrected chi connectivity index (χ2v) is 6.95. The summed E-state index contributed by atoms with van der Waals surface area (Å²) in [5.41, 5.74) is 4.69. The molecule has 20 heavy (non-hydrogen) atoms. The Morgan fingerprint density at radius 1 is 1.45 bits per heavy atom. The number of aliphatic hydroxyl groups is 1. The minimum absolute atomic E-state index is 0.383. The lowest BCUT2D eigenvalue weighted by Crippen LogP contribution is -2.53. The van der Waals surface area contributed by atoms with E-state index in [1.165, 1.54) is 10.1 Å². The molecule has 3 N–H and O–H groups in total. The zero-order chi connectivity index (χ0) is 14.2. The average Bonchev–Trinajstić information content (AvgIpc) is 2.92. The SMILES string of the molecule is CC(O)(c1cc2ccccc2s1)C1(CN)CCCOC1. The number of ether oxygens (including phenoxy) is 1. The van der Waals surface area contributed by atoms with Crippen molar-refractivity contribution in [1.29, 1.82) is 0 Å². The maximum Gasteiger partial charge on any atom is 0.105 e. The molecule has 1 fully saturated rings. The molecule has 2 unspecified atom stereocenters. The lowest BCUT2D eigenvalue weighted by atomic mass is 9.68. The highest BCUT2D eigenvalue weighted by atomic mass is 32.1. The lowest BCUT2D eigenvalue weighted by molar-refractivity contribution is -0.137. The lowest BCUT2D eigenvalue weighted by Gasteiger charge is -2.46. The Hall–Kier alpha value is -0.940. The minimum atomic E-state index is -0.953. The van der Waals surface area contributed by atoms with Crippen LogP contribution >= 0.6 is 11.3 Å². The molecule has 0 aliphatic carbocycles. The Balaban J connectivity index is 2.04. The fourth-order valence-corrected chi connectivity index (χ4v) is 4.31. The molecule has 108 valence electrons. The minimum Gasteiger partial charge on any atom is -0.384 e. The molecule has 1 saturated heterocycles. The second-order valence-electron chi connectivity index (χ2n) is 5.86. The number of fused-ring (bicyclic) bond motifs is 1. The van der Waals surface area contributed by atoms with Crippen LogP contribution in [0, 0.1) is 5.41 Å². The maximum absolute atomic E-state index is 11.2. The van der Waals surface area contributed by atoms with Crippen LogP contribution in [-0.2, 0) is 10.3 Å².